The summed E-state index contributed by atoms with van der Waals surface area (Å²) in [7, 11) is 0. The van der Waals surface area contributed by atoms with Gasteiger partial charge in [-0.25, -0.2) is 4.99 Å². The number of halogens is 1. The van der Waals surface area contributed by atoms with Crippen LogP contribution in [-0.2, 0) is 17.6 Å². The summed E-state index contributed by atoms with van der Waals surface area (Å²) in [6.45, 7) is 4.06. The van der Waals surface area contributed by atoms with Crippen LogP contribution in [0.3, 0.4) is 0 Å². The molecule has 29 heavy (non-hydrogen) atoms. The number of guanidine groups is 1. The third kappa shape index (κ3) is 7.56. The van der Waals surface area contributed by atoms with Gasteiger partial charge in [-0.15, -0.1) is 24.0 Å². The number of fused-ring (bicyclic) bond motifs is 1. The van der Waals surface area contributed by atoms with Gasteiger partial charge in [-0.05, 0) is 30.5 Å². The van der Waals surface area contributed by atoms with Crippen LogP contribution in [0.2, 0.25) is 0 Å². The van der Waals surface area contributed by atoms with Gasteiger partial charge in [-0.3, -0.25) is 4.79 Å². The first kappa shape index (κ1) is 23.0. The molecule has 1 aliphatic rings. The minimum Gasteiger partial charge on any atom is -0.488 e. The van der Waals surface area contributed by atoms with Gasteiger partial charge < -0.3 is 20.7 Å². The summed E-state index contributed by atoms with van der Waals surface area (Å²) in [6.07, 6.45) is 1.76. The van der Waals surface area contributed by atoms with Crippen LogP contribution in [-0.4, -0.2) is 44.1 Å². The molecular formula is C22H29IN4O2. The van der Waals surface area contributed by atoms with Crippen LogP contribution < -0.4 is 20.7 Å². The summed E-state index contributed by atoms with van der Waals surface area (Å²) in [5, 5.41) is 9.35. The van der Waals surface area contributed by atoms with E-state index in [4.69, 9.17) is 4.74 Å². The summed E-state index contributed by atoms with van der Waals surface area (Å²) in [5.74, 6) is 1.49. The number of ether oxygens (including phenoxy) is 1. The zero-order valence-corrected chi connectivity index (χ0v) is 19.0. The van der Waals surface area contributed by atoms with Gasteiger partial charge in [0, 0.05) is 19.5 Å². The minimum absolute atomic E-state index is 0. The fourth-order valence-corrected chi connectivity index (χ4v) is 3.12. The molecule has 0 saturated carbocycles. The second-order valence-electron chi connectivity index (χ2n) is 6.71. The van der Waals surface area contributed by atoms with Gasteiger partial charge in [-0.1, -0.05) is 48.5 Å². The quantitative estimate of drug-likeness (QED) is 0.291. The Balaban J connectivity index is 0.00000300. The molecule has 0 bridgehead atoms. The third-order valence-electron chi connectivity index (χ3n) is 4.51. The van der Waals surface area contributed by atoms with Crippen LogP contribution in [0.5, 0.6) is 5.75 Å². The maximum Gasteiger partial charge on any atom is 0.241 e. The highest BCUT2D eigenvalue weighted by atomic mass is 127. The zero-order valence-electron chi connectivity index (χ0n) is 16.7. The largest absolute Gasteiger partial charge is 0.488 e. The van der Waals surface area contributed by atoms with E-state index >= 15 is 0 Å². The van der Waals surface area contributed by atoms with Gasteiger partial charge in [0.05, 0.1) is 6.54 Å². The number of rotatable bonds is 8. The first-order valence-corrected chi connectivity index (χ1v) is 9.82. The van der Waals surface area contributed by atoms with Crippen molar-refractivity contribution in [3.05, 3.63) is 65.7 Å². The highest BCUT2D eigenvalue weighted by Crippen LogP contribution is 2.27. The van der Waals surface area contributed by atoms with Crippen LogP contribution in [0.1, 0.15) is 18.1 Å². The summed E-state index contributed by atoms with van der Waals surface area (Å²) in [5.41, 5.74) is 2.44. The summed E-state index contributed by atoms with van der Waals surface area (Å²) in [4.78, 5) is 16.4. The van der Waals surface area contributed by atoms with E-state index in [2.05, 4.69) is 39.1 Å². The SMILES string of the molecule is CCNC(=NCC(=O)NCCc1ccccc1)NCC1Cc2ccccc2O1.I. The molecular weight excluding hydrogens is 479 g/mol. The molecule has 1 unspecified atom stereocenters. The smallest absolute Gasteiger partial charge is 0.241 e. The number of carbonyl (C=O) groups excluding carboxylic acids is 1. The summed E-state index contributed by atoms with van der Waals surface area (Å²) < 4.78 is 5.93. The molecule has 0 spiro atoms. The minimum atomic E-state index is -0.0855. The topological polar surface area (TPSA) is 74.8 Å². The average molecular weight is 508 g/mol. The molecule has 156 valence electrons. The third-order valence-corrected chi connectivity index (χ3v) is 4.51. The number of hydrogen-bond donors (Lipinski definition) is 3. The molecule has 7 heteroatoms. The second-order valence-corrected chi connectivity index (χ2v) is 6.71. The Morgan fingerprint density at radius 3 is 2.59 bits per heavy atom. The fraction of sp³-hybridized carbons (Fsp3) is 0.364. The van der Waals surface area contributed by atoms with Gasteiger partial charge in [-0.2, -0.15) is 0 Å². The van der Waals surface area contributed by atoms with Gasteiger partial charge in [0.2, 0.25) is 5.91 Å². The molecule has 1 heterocycles. The van der Waals surface area contributed by atoms with Crippen LogP contribution in [0.15, 0.2) is 59.6 Å². The molecule has 1 aliphatic heterocycles. The summed E-state index contributed by atoms with van der Waals surface area (Å²) in [6, 6.07) is 18.2. The van der Waals surface area contributed by atoms with Crippen molar-refractivity contribution in [3.63, 3.8) is 0 Å². The molecule has 0 fully saturated rings. The maximum absolute atomic E-state index is 12.1. The van der Waals surface area contributed by atoms with Gasteiger partial charge in [0.15, 0.2) is 5.96 Å². The van der Waals surface area contributed by atoms with Crippen molar-refractivity contribution < 1.29 is 9.53 Å². The molecule has 2 aromatic carbocycles. The molecule has 0 aromatic heterocycles. The fourth-order valence-electron chi connectivity index (χ4n) is 3.12. The van der Waals surface area contributed by atoms with Crippen LogP contribution in [0.25, 0.3) is 0 Å². The van der Waals surface area contributed by atoms with Crippen LogP contribution >= 0.6 is 24.0 Å². The first-order chi connectivity index (χ1) is 13.7. The highest BCUT2D eigenvalue weighted by Gasteiger charge is 2.22. The predicted octanol–water partition coefficient (Wildman–Crippen LogP) is 2.52. The van der Waals surface area contributed by atoms with E-state index in [1.165, 1.54) is 11.1 Å². The lowest BCUT2D eigenvalue weighted by Crippen LogP contribution is -2.43. The number of amides is 1. The van der Waals surface area contributed by atoms with E-state index in [1.807, 2.05) is 43.3 Å². The van der Waals surface area contributed by atoms with Crippen molar-refractivity contribution in [2.45, 2.75) is 25.9 Å². The first-order valence-electron chi connectivity index (χ1n) is 9.82. The zero-order chi connectivity index (χ0) is 19.6. The Morgan fingerprint density at radius 2 is 1.83 bits per heavy atom. The lowest BCUT2D eigenvalue weighted by atomic mass is 10.1. The van der Waals surface area contributed by atoms with Gasteiger partial charge >= 0.3 is 0 Å². The van der Waals surface area contributed by atoms with Crippen molar-refractivity contribution in [2.24, 2.45) is 4.99 Å². The number of benzene rings is 2. The van der Waals surface area contributed by atoms with Crippen LogP contribution in [0, 0.1) is 0 Å². The van der Waals surface area contributed by atoms with Crippen molar-refractivity contribution in [1.82, 2.24) is 16.0 Å². The number of nitrogens with zero attached hydrogens (tertiary/aromatic N) is 1. The Bertz CT molecular complexity index is 773. The van der Waals surface area contributed by atoms with Crippen molar-refractivity contribution in [2.75, 3.05) is 26.2 Å². The van der Waals surface area contributed by atoms with Crippen molar-refractivity contribution in [1.29, 1.82) is 0 Å². The average Bonchev–Trinajstić information content (AvgIpc) is 3.14. The Labute approximate surface area is 189 Å². The second kappa shape index (κ2) is 12.3. The number of hydrogen-bond acceptors (Lipinski definition) is 3. The molecule has 3 rings (SSSR count). The van der Waals surface area contributed by atoms with E-state index in [-0.39, 0.29) is 42.5 Å². The molecule has 3 N–H and O–H groups in total. The molecule has 2 aromatic rings. The molecule has 0 radical (unpaired) electrons. The van der Waals surface area contributed by atoms with Gasteiger partial charge in [0.1, 0.15) is 18.4 Å². The monoisotopic (exact) mass is 508 g/mol. The van der Waals surface area contributed by atoms with Crippen LogP contribution in [0.4, 0.5) is 0 Å². The Morgan fingerprint density at radius 1 is 1.07 bits per heavy atom. The molecule has 6 nitrogen and oxygen atoms in total. The van der Waals surface area contributed by atoms with E-state index in [1.54, 1.807) is 0 Å². The Hall–Kier alpha value is -2.29. The van der Waals surface area contributed by atoms with Gasteiger partial charge in [0.25, 0.3) is 0 Å². The van der Waals surface area contributed by atoms with Crippen molar-refractivity contribution >= 4 is 35.8 Å². The number of para-hydroxylation sites is 1. The van der Waals surface area contributed by atoms with E-state index in [9.17, 15) is 4.79 Å². The lowest BCUT2D eigenvalue weighted by molar-refractivity contribution is -0.119. The standard InChI is InChI=1S/C22H28N4O2.HI/c1-2-23-22(25-15-19-14-18-10-6-7-11-20(18)28-19)26-16-21(27)24-13-12-17-8-4-3-5-9-17;/h3-11,19H,2,12-16H2,1H3,(H,24,27)(H2,23,25,26);1H. The molecule has 0 saturated heterocycles. The highest BCUT2D eigenvalue weighted by molar-refractivity contribution is 14.0. The predicted molar refractivity (Wildman–Crippen MR) is 127 cm³/mol. The summed E-state index contributed by atoms with van der Waals surface area (Å²) >= 11 is 0. The lowest BCUT2D eigenvalue weighted by Gasteiger charge is -2.15. The Kier molecular flexibility index (Phi) is 9.76. The molecule has 1 atom stereocenters. The number of carbonyl (C=O) groups is 1. The maximum atomic E-state index is 12.1. The van der Waals surface area contributed by atoms with E-state index in [0.29, 0.717) is 19.0 Å². The molecule has 1 amide bonds. The normalized spacial score (nSPS) is 14.9. The number of nitrogens with one attached hydrogen (secondary N) is 3. The molecule has 0 aliphatic carbocycles. The number of aliphatic imine (C=N–C) groups is 1. The van der Waals surface area contributed by atoms with E-state index in [0.717, 1.165) is 25.1 Å². The van der Waals surface area contributed by atoms with Crippen molar-refractivity contribution in [3.8, 4) is 5.75 Å². The van der Waals surface area contributed by atoms with E-state index < -0.39 is 0 Å².